The molecular weight excluding hydrogens is 256 g/mol. The number of likely N-dealkylation sites (N-methyl/N-ethyl adjacent to an activating group) is 2. The van der Waals surface area contributed by atoms with Crippen molar-refractivity contribution < 1.29 is 9.59 Å². The molecule has 6 heteroatoms. The number of hydrogen-bond acceptors (Lipinski definition) is 4. The van der Waals surface area contributed by atoms with Crippen LogP contribution in [0.25, 0.3) is 0 Å². The van der Waals surface area contributed by atoms with Gasteiger partial charge in [0.15, 0.2) is 0 Å². The van der Waals surface area contributed by atoms with Crippen molar-refractivity contribution in [3.05, 3.63) is 18.2 Å². The quantitative estimate of drug-likeness (QED) is 0.792. The van der Waals surface area contributed by atoms with Crippen molar-refractivity contribution in [1.82, 2.24) is 4.90 Å². The van der Waals surface area contributed by atoms with E-state index in [4.69, 9.17) is 5.73 Å². The van der Waals surface area contributed by atoms with E-state index in [0.717, 1.165) is 0 Å². The third-order valence-corrected chi connectivity index (χ3v) is 2.69. The SMILES string of the molecule is CCN(C(=O)CN(C)C)c1ccc(N)cc1NC(C)=O. The number of nitrogens with two attached hydrogens (primary N) is 1. The molecule has 0 unspecified atom stereocenters. The third kappa shape index (κ3) is 4.24. The molecule has 6 nitrogen and oxygen atoms in total. The second-order valence-corrected chi connectivity index (χ2v) is 4.83. The fourth-order valence-corrected chi connectivity index (χ4v) is 1.92. The van der Waals surface area contributed by atoms with Crippen LogP contribution >= 0.6 is 0 Å². The van der Waals surface area contributed by atoms with Gasteiger partial charge < -0.3 is 20.9 Å². The van der Waals surface area contributed by atoms with E-state index >= 15 is 0 Å². The van der Waals surface area contributed by atoms with Crippen LogP contribution < -0.4 is 16.0 Å². The summed E-state index contributed by atoms with van der Waals surface area (Å²) in [5.74, 6) is -0.234. The Hall–Kier alpha value is -2.08. The highest BCUT2D eigenvalue weighted by molar-refractivity contribution is 6.01. The Kier molecular flexibility index (Phi) is 5.52. The minimum absolute atomic E-state index is 0.0335. The molecule has 3 N–H and O–H groups in total. The molecule has 0 radical (unpaired) electrons. The highest BCUT2D eigenvalue weighted by atomic mass is 16.2. The van der Waals surface area contributed by atoms with Crippen molar-refractivity contribution in [3.8, 4) is 0 Å². The molecule has 2 amide bonds. The van der Waals surface area contributed by atoms with E-state index in [9.17, 15) is 9.59 Å². The van der Waals surface area contributed by atoms with Gasteiger partial charge in [-0.3, -0.25) is 9.59 Å². The summed E-state index contributed by atoms with van der Waals surface area (Å²) < 4.78 is 0. The van der Waals surface area contributed by atoms with Gasteiger partial charge in [-0.05, 0) is 39.2 Å². The topological polar surface area (TPSA) is 78.7 Å². The Bertz CT molecular complexity index is 500. The second kappa shape index (κ2) is 6.91. The summed E-state index contributed by atoms with van der Waals surface area (Å²) in [6.45, 7) is 4.13. The molecule has 1 aromatic rings. The monoisotopic (exact) mass is 278 g/mol. The first-order chi connectivity index (χ1) is 9.35. The molecule has 110 valence electrons. The molecule has 0 aliphatic heterocycles. The van der Waals surface area contributed by atoms with Gasteiger partial charge in [-0.2, -0.15) is 0 Å². The largest absolute Gasteiger partial charge is 0.399 e. The van der Waals surface area contributed by atoms with Crippen LogP contribution in [0.3, 0.4) is 0 Å². The second-order valence-electron chi connectivity index (χ2n) is 4.83. The number of carbonyl (C=O) groups is 2. The van der Waals surface area contributed by atoms with Crippen molar-refractivity contribution in [3.63, 3.8) is 0 Å². The fraction of sp³-hybridized carbons (Fsp3) is 0.429. The fourth-order valence-electron chi connectivity index (χ4n) is 1.92. The molecule has 0 spiro atoms. The number of rotatable bonds is 5. The van der Waals surface area contributed by atoms with Crippen LogP contribution in [0.5, 0.6) is 0 Å². The molecule has 0 saturated heterocycles. The number of benzene rings is 1. The van der Waals surface area contributed by atoms with E-state index in [1.165, 1.54) is 6.92 Å². The Morgan fingerprint density at radius 2 is 1.95 bits per heavy atom. The molecule has 1 aromatic carbocycles. The number of anilines is 3. The van der Waals surface area contributed by atoms with Gasteiger partial charge in [-0.25, -0.2) is 0 Å². The summed E-state index contributed by atoms with van der Waals surface area (Å²) in [6, 6.07) is 5.12. The Morgan fingerprint density at radius 1 is 1.30 bits per heavy atom. The molecule has 0 aliphatic carbocycles. The number of amides is 2. The molecule has 0 saturated carbocycles. The molecule has 0 atom stereocenters. The summed E-state index contributed by atoms with van der Waals surface area (Å²) in [4.78, 5) is 27.0. The molecule has 0 bridgehead atoms. The van der Waals surface area contributed by atoms with Gasteiger partial charge >= 0.3 is 0 Å². The van der Waals surface area contributed by atoms with Crippen molar-refractivity contribution >= 4 is 28.9 Å². The van der Waals surface area contributed by atoms with Crippen LogP contribution in [0.2, 0.25) is 0 Å². The number of nitrogens with zero attached hydrogens (tertiary/aromatic N) is 2. The van der Waals surface area contributed by atoms with Crippen molar-refractivity contribution in [2.24, 2.45) is 0 Å². The van der Waals surface area contributed by atoms with Crippen molar-refractivity contribution in [2.75, 3.05) is 43.1 Å². The Morgan fingerprint density at radius 3 is 2.45 bits per heavy atom. The van der Waals surface area contributed by atoms with Crippen LogP contribution in [0.15, 0.2) is 18.2 Å². The van der Waals surface area contributed by atoms with Crippen LogP contribution in [0.4, 0.5) is 17.1 Å². The minimum Gasteiger partial charge on any atom is -0.399 e. The molecule has 20 heavy (non-hydrogen) atoms. The highest BCUT2D eigenvalue weighted by Crippen LogP contribution is 2.28. The minimum atomic E-state index is -0.201. The van der Waals surface area contributed by atoms with Crippen LogP contribution in [0, 0.1) is 0 Å². The van der Waals surface area contributed by atoms with Crippen molar-refractivity contribution in [1.29, 1.82) is 0 Å². The normalized spacial score (nSPS) is 10.4. The zero-order valence-corrected chi connectivity index (χ0v) is 12.4. The van der Waals surface area contributed by atoms with Gasteiger partial charge in [-0.1, -0.05) is 0 Å². The standard InChI is InChI=1S/C14H22N4O2/c1-5-18(14(20)9-17(3)4)13-7-6-11(15)8-12(13)16-10(2)19/h6-8H,5,9,15H2,1-4H3,(H,16,19). The lowest BCUT2D eigenvalue weighted by molar-refractivity contribution is -0.119. The average Bonchev–Trinajstić information content (AvgIpc) is 2.31. The summed E-state index contributed by atoms with van der Waals surface area (Å²) >= 11 is 0. The van der Waals surface area contributed by atoms with Gasteiger partial charge in [0.2, 0.25) is 11.8 Å². The van der Waals surface area contributed by atoms with E-state index < -0.39 is 0 Å². The van der Waals surface area contributed by atoms with Gasteiger partial charge in [-0.15, -0.1) is 0 Å². The lowest BCUT2D eigenvalue weighted by Crippen LogP contribution is -2.38. The first-order valence-electron chi connectivity index (χ1n) is 6.47. The smallest absolute Gasteiger partial charge is 0.241 e. The molecule has 1 rings (SSSR count). The van der Waals surface area contributed by atoms with E-state index in [1.807, 2.05) is 21.0 Å². The van der Waals surface area contributed by atoms with Crippen LogP contribution in [0.1, 0.15) is 13.8 Å². The Balaban J connectivity index is 3.13. The molecule has 0 aromatic heterocycles. The van der Waals surface area contributed by atoms with Gasteiger partial charge in [0.05, 0.1) is 17.9 Å². The number of carbonyl (C=O) groups excluding carboxylic acids is 2. The average molecular weight is 278 g/mol. The van der Waals surface area contributed by atoms with E-state index in [2.05, 4.69) is 5.32 Å². The predicted molar refractivity (Wildman–Crippen MR) is 81.7 cm³/mol. The molecule has 0 heterocycles. The molecule has 0 aliphatic rings. The summed E-state index contributed by atoms with van der Waals surface area (Å²) in [5.41, 5.74) is 7.48. The molecular formula is C14H22N4O2. The van der Waals surface area contributed by atoms with Gasteiger partial charge in [0, 0.05) is 19.2 Å². The maximum Gasteiger partial charge on any atom is 0.241 e. The van der Waals surface area contributed by atoms with Gasteiger partial charge in [0.25, 0.3) is 0 Å². The maximum atomic E-state index is 12.2. The van der Waals surface area contributed by atoms with Crippen LogP contribution in [-0.4, -0.2) is 43.9 Å². The lowest BCUT2D eigenvalue weighted by atomic mass is 10.2. The number of hydrogen-bond donors (Lipinski definition) is 2. The third-order valence-electron chi connectivity index (χ3n) is 2.69. The lowest BCUT2D eigenvalue weighted by Gasteiger charge is -2.25. The number of nitrogen functional groups attached to an aromatic ring is 1. The van der Waals surface area contributed by atoms with Gasteiger partial charge in [0.1, 0.15) is 0 Å². The summed E-state index contributed by atoms with van der Waals surface area (Å²) in [7, 11) is 3.67. The highest BCUT2D eigenvalue weighted by Gasteiger charge is 2.18. The van der Waals surface area contributed by atoms with E-state index in [0.29, 0.717) is 30.2 Å². The number of nitrogens with one attached hydrogen (secondary N) is 1. The zero-order chi connectivity index (χ0) is 15.3. The Labute approximate surface area is 119 Å². The van der Waals surface area contributed by atoms with E-state index in [-0.39, 0.29) is 11.8 Å². The van der Waals surface area contributed by atoms with Crippen LogP contribution in [-0.2, 0) is 9.59 Å². The maximum absolute atomic E-state index is 12.2. The van der Waals surface area contributed by atoms with Crippen molar-refractivity contribution in [2.45, 2.75) is 13.8 Å². The first-order valence-corrected chi connectivity index (χ1v) is 6.47. The zero-order valence-electron chi connectivity index (χ0n) is 12.4. The summed E-state index contributed by atoms with van der Waals surface area (Å²) in [5, 5.41) is 2.71. The molecule has 0 fully saturated rings. The predicted octanol–water partition coefficient (Wildman–Crippen LogP) is 1.14. The first kappa shape index (κ1) is 16.0. The summed E-state index contributed by atoms with van der Waals surface area (Å²) in [6.07, 6.45) is 0. The van der Waals surface area contributed by atoms with E-state index in [1.54, 1.807) is 28.0 Å².